The number of hydrogen-bond donors (Lipinski definition) is 10. The van der Waals surface area contributed by atoms with Gasteiger partial charge >= 0.3 is 5.97 Å². The molecule has 2 aromatic rings. The number of H-pyrrole nitrogens is 1. The van der Waals surface area contributed by atoms with Crippen molar-refractivity contribution in [1.82, 2.24) is 46.8 Å². The molecule has 0 radical (unpaired) electrons. The van der Waals surface area contributed by atoms with Crippen LogP contribution in [0.1, 0.15) is 90.3 Å². The number of nitrogens with two attached hydrogens (primary N) is 1. The van der Waals surface area contributed by atoms with E-state index in [-0.39, 0.29) is 44.4 Å². The van der Waals surface area contributed by atoms with Crippen LogP contribution in [0.5, 0.6) is 5.75 Å². The maximum Gasteiger partial charge on any atom is 0.303 e. The quantitative estimate of drug-likeness (QED) is 0.108. The Morgan fingerprint density at radius 2 is 1.37 bits per heavy atom. The number of carbonyl (C=O) groups excluding carboxylic acids is 7. The number of imidazole rings is 1. The Morgan fingerprint density at radius 3 is 2.00 bits per heavy atom. The van der Waals surface area contributed by atoms with E-state index in [1.165, 1.54) is 29.6 Å². The third-order valence-electron chi connectivity index (χ3n) is 11.3. The topological polar surface area (TPSA) is 307 Å². The van der Waals surface area contributed by atoms with E-state index in [0.29, 0.717) is 43.5 Å². The molecule has 8 atom stereocenters. The molecule has 2 aliphatic rings. The second-order valence-corrected chi connectivity index (χ2v) is 16.4. The average molecular weight is 867 g/mol. The lowest BCUT2D eigenvalue weighted by Gasteiger charge is -2.32. The van der Waals surface area contributed by atoms with Gasteiger partial charge < -0.3 is 57.7 Å². The largest absolute Gasteiger partial charge is 0.508 e. The van der Waals surface area contributed by atoms with Crippen LogP contribution in [-0.4, -0.2) is 128 Å². The number of carbonyl (C=O) groups is 8. The number of unbranched alkanes of at least 4 members (excludes halogenated alkanes) is 1. The number of rotatable bonds is 14. The number of phenols is 1. The molecule has 0 bridgehead atoms. The highest BCUT2D eigenvalue weighted by Crippen LogP contribution is 2.21. The zero-order valence-electron chi connectivity index (χ0n) is 35.8. The van der Waals surface area contributed by atoms with Crippen molar-refractivity contribution < 1.29 is 48.6 Å². The third-order valence-corrected chi connectivity index (χ3v) is 11.3. The van der Waals surface area contributed by atoms with E-state index in [2.05, 4.69) is 41.9 Å². The first-order chi connectivity index (χ1) is 29.5. The maximum atomic E-state index is 14.5. The van der Waals surface area contributed by atoms with Gasteiger partial charge in [0.2, 0.25) is 41.4 Å². The number of fused-ring (bicyclic) bond motifs is 1. The molecule has 2 saturated heterocycles. The number of carboxylic acid groups (broad SMARTS) is 1. The van der Waals surface area contributed by atoms with Gasteiger partial charge in [-0.25, -0.2) is 4.98 Å². The van der Waals surface area contributed by atoms with Crippen molar-refractivity contribution in [3.05, 3.63) is 48.0 Å². The van der Waals surface area contributed by atoms with Crippen LogP contribution in [-0.2, 0) is 51.2 Å². The predicted molar refractivity (Wildman–Crippen MR) is 224 cm³/mol. The molecule has 0 spiro atoms. The average Bonchev–Trinajstić information content (AvgIpc) is 3.95. The van der Waals surface area contributed by atoms with Gasteiger partial charge in [0.25, 0.3) is 0 Å². The van der Waals surface area contributed by atoms with Gasteiger partial charge in [-0.3, -0.25) is 38.4 Å². The van der Waals surface area contributed by atoms with Crippen molar-refractivity contribution in [3.8, 4) is 5.75 Å². The molecular weight excluding hydrogens is 805 g/mol. The second kappa shape index (κ2) is 23.2. The molecule has 4 rings (SSSR count). The summed E-state index contributed by atoms with van der Waals surface area (Å²) in [6.45, 7) is 7.34. The van der Waals surface area contributed by atoms with Gasteiger partial charge in [-0.15, -0.1) is 0 Å². The van der Waals surface area contributed by atoms with E-state index in [1.54, 1.807) is 32.9 Å². The normalized spacial score (nSPS) is 25.4. The second-order valence-electron chi connectivity index (χ2n) is 16.4. The molecule has 20 nitrogen and oxygen atoms in total. The van der Waals surface area contributed by atoms with Gasteiger partial charge in [0, 0.05) is 37.7 Å². The summed E-state index contributed by atoms with van der Waals surface area (Å²) in [6, 6.07) is -2.81. The van der Waals surface area contributed by atoms with Gasteiger partial charge in [0.1, 0.15) is 48.0 Å². The lowest BCUT2D eigenvalue weighted by atomic mass is 9.96. The molecule has 0 aliphatic carbocycles. The van der Waals surface area contributed by atoms with Crippen molar-refractivity contribution in [2.24, 2.45) is 17.6 Å². The minimum absolute atomic E-state index is 0.0221. The molecule has 2 aliphatic heterocycles. The number of aliphatic carboxylic acids is 1. The highest BCUT2D eigenvalue weighted by molar-refractivity contribution is 5.99. The number of nitrogens with one attached hydrogen (secondary N) is 7. The summed E-state index contributed by atoms with van der Waals surface area (Å²) in [4.78, 5) is 119. The molecule has 7 amide bonds. The van der Waals surface area contributed by atoms with Gasteiger partial charge in [-0.2, -0.15) is 0 Å². The first-order valence-electron chi connectivity index (χ1n) is 21.3. The molecule has 3 heterocycles. The van der Waals surface area contributed by atoms with Gasteiger partial charge in [-0.05, 0) is 74.6 Å². The molecule has 11 N–H and O–H groups in total. The van der Waals surface area contributed by atoms with Crippen molar-refractivity contribution in [1.29, 1.82) is 0 Å². The van der Waals surface area contributed by atoms with Crippen LogP contribution in [0, 0.1) is 11.8 Å². The Kier molecular flexibility index (Phi) is 18.2. The lowest BCUT2D eigenvalue weighted by Crippen LogP contribution is -2.61. The van der Waals surface area contributed by atoms with E-state index in [1.807, 2.05) is 6.92 Å². The number of benzene rings is 1. The zero-order chi connectivity index (χ0) is 45.5. The highest BCUT2D eigenvalue weighted by atomic mass is 16.4. The summed E-state index contributed by atoms with van der Waals surface area (Å²) < 4.78 is 0. The minimum atomic E-state index is -1.44. The number of carboxylic acids is 1. The van der Waals surface area contributed by atoms with E-state index in [9.17, 15) is 48.6 Å². The fraction of sp³-hybridized carbons (Fsp3) is 0.595. The van der Waals surface area contributed by atoms with Crippen LogP contribution in [0.4, 0.5) is 0 Å². The van der Waals surface area contributed by atoms with Crippen LogP contribution < -0.4 is 37.6 Å². The third kappa shape index (κ3) is 13.7. The number of nitrogens with zero attached hydrogens (tertiary/aromatic N) is 2. The van der Waals surface area contributed by atoms with Gasteiger partial charge in [-0.1, -0.05) is 46.2 Å². The fourth-order valence-electron chi connectivity index (χ4n) is 7.50. The molecule has 2 fully saturated rings. The van der Waals surface area contributed by atoms with Crippen molar-refractivity contribution in [2.45, 2.75) is 134 Å². The van der Waals surface area contributed by atoms with Crippen molar-refractivity contribution in [3.63, 3.8) is 0 Å². The Balaban J connectivity index is 1.82. The number of hydrogen-bond acceptors (Lipinski definition) is 11. The standard InChI is InChI=1S/C42H62N10O10/c1-5-24(4)35-41(61)49-31(20-26-21-44-22-45-26)42(62)52-18-8-10-32(52)39(59)47-29(15-16-33(54)55)36(56)46-28(9-6-7-17-43)37(57)50-34(23(2)3)40(60)48-30(38(58)51-35)19-25-11-13-27(53)14-12-25/h11-14,21-24,28-32,34-35,53H,5-10,15-20,43H2,1-4H3,(H,44,45)(H,46,56)(H,47,59)(H,48,60)(H,49,61)(H,50,57)(H,51,58)(H,54,55)/t24-,28-,29-,30-,31-,32-,34-,35-/m0/s1. The molecular formula is C42H62N10O10. The number of aromatic amines is 1. The van der Waals surface area contributed by atoms with E-state index in [0.717, 1.165) is 0 Å². The molecule has 62 heavy (non-hydrogen) atoms. The fourth-order valence-corrected chi connectivity index (χ4v) is 7.50. The van der Waals surface area contributed by atoms with Crippen LogP contribution in [0.25, 0.3) is 0 Å². The van der Waals surface area contributed by atoms with Gasteiger partial charge in [0.05, 0.1) is 6.33 Å². The number of aromatic hydroxyl groups is 1. The highest BCUT2D eigenvalue weighted by Gasteiger charge is 2.41. The van der Waals surface area contributed by atoms with E-state index >= 15 is 0 Å². The Hall–Kier alpha value is -6.05. The molecule has 0 unspecified atom stereocenters. The number of phenolic OH excluding ortho intramolecular Hbond substituents is 1. The summed E-state index contributed by atoms with van der Waals surface area (Å²) in [5.41, 5.74) is 6.77. The Bertz CT molecular complexity index is 1870. The van der Waals surface area contributed by atoms with Crippen LogP contribution in [0.15, 0.2) is 36.8 Å². The van der Waals surface area contributed by atoms with Crippen molar-refractivity contribution >= 4 is 47.3 Å². The molecule has 340 valence electrons. The van der Waals surface area contributed by atoms with Gasteiger partial charge in [0.15, 0.2) is 0 Å². The SMILES string of the molecule is CC[C@H](C)[C@@H]1NC(=O)[C@H](Cc2ccc(O)cc2)NC(=O)[C@H](C(C)C)NC(=O)[C@H](CCCCN)NC(=O)[C@H](CCC(=O)O)NC(=O)[C@@H]2CCCN2C(=O)[C@H](Cc2cnc[nH]2)NC1=O. The summed E-state index contributed by atoms with van der Waals surface area (Å²) in [6.07, 6.45) is 3.85. The lowest BCUT2D eigenvalue weighted by molar-refractivity contribution is -0.143. The smallest absolute Gasteiger partial charge is 0.303 e. The molecule has 0 saturated carbocycles. The first-order valence-corrected chi connectivity index (χ1v) is 21.3. The predicted octanol–water partition coefficient (Wildman–Crippen LogP) is -0.490. The van der Waals surface area contributed by atoms with Crippen LogP contribution in [0.2, 0.25) is 0 Å². The molecule has 1 aromatic heterocycles. The van der Waals surface area contributed by atoms with Crippen molar-refractivity contribution in [2.75, 3.05) is 13.1 Å². The van der Waals surface area contributed by atoms with E-state index < -0.39 is 108 Å². The first kappa shape index (κ1) is 48.6. The monoisotopic (exact) mass is 866 g/mol. The van der Waals surface area contributed by atoms with Crippen LogP contribution in [0.3, 0.4) is 0 Å². The Morgan fingerprint density at radius 1 is 0.774 bits per heavy atom. The Labute approximate surface area is 360 Å². The summed E-state index contributed by atoms with van der Waals surface area (Å²) >= 11 is 0. The van der Waals surface area contributed by atoms with Crippen LogP contribution >= 0.6 is 0 Å². The minimum Gasteiger partial charge on any atom is -0.508 e. The number of aromatic nitrogens is 2. The zero-order valence-corrected chi connectivity index (χ0v) is 35.8. The number of amides is 7. The maximum absolute atomic E-state index is 14.5. The molecule has 1 aromatic carbocycles. The summed E-state index contributed by atoms with van der Waals surface area (Å²) in [5.74, 6) is -7.42. The molecule has 20 heteroatoms. The summed E-state index contributed by atoms with van der Waals surface area (Å²) in [5, 5.41) is 35.8. The van der Waals surface area contributed by atoms with E-state index in [4.69, 9.17) is 5.73 Å². The summed E-state index contributed by atoms with van der Waals surface area (Å²) in [7, 11) is 0.